The van der Waals surface area contributed by atoms with Gasteiger partial charge < -0.3 is 20.1 Å². The molecule has 1 atom stereocenters. The van der Waals surface area contributed by atoms with Crippen LogP contribution in [0, 0.1) is 6.92 Å². The molecule has 2 aromatic heterocycles. The minimum atomic E-state index is 0.119. The van der Waals surface area contributed by atoms with Crippen molar-refractivity contribution in [3.05, 3.63) is 71.7 Å². The zero-order valence-corrected chi connectivity index (χ0v) is 17.9. The van der Waals surface area contributed by atoms with E-state index in [0.29, 0.717) is 25.7 Å². The van der Waals surface area contributed by atoms with Gasteiger partial charge in [0.1, 0.15) is 11.9 Å². The van der Waals surface area contributed by atoms with E-state index in [9.17, 15) is 0 Å². The molecule has 4 rings (SSSR count). The van der Waals surface area contributed by atoms with Gasteiger partial charge in [-0.05, 0) is 42.3 Å². The standard InChI is InChI=1S/C23H28N6O2/c1-17-4-5-19(21(12-17)31-20-7-11-30-16-20)15-27-23(24-2)26-14-18-6-9-25-22(13-18)29-10-3-8-28-29/h3-6,8-10,12-13,20H,7,11,14-16H2,1-2H3,(H2,24,26,27). The molecule has 1 unspecified atom stereocenters. The van der Waals surface area contributed by atoms with E-state index in [2.05, 4.69) is 50.8 Å². The zero-order chi connectivity index (χ0) is 21.5. The van der Waals surface area contributed by atoms with Crippen LogP contribution in [0.15, 0.2) is 60.0 Å². The SMILES string of the molecule is CN=C(NCc1ccnc(-n2cccn2)c1)NCc1ccc(C)cc1OC1CCOC1. The highest BCUT2D eigenvalue weighted by Gasteiger charge is 2.18. The van der Waals surface area contributed by atoms with E-state index in [1.807, 2.05) is 24.4 Å². The highest BCUT2D eigenvalue weighted by Crippen LogP contribution is 2.23. The van der Waals surface area contributed by atoms with Gasteiger partial charge in [-0.2, -0.15) is 5.10 Å². The molecular weight excluding hydrogens is 392 g/mol. The quantitative estimate of drug-likeness (QED) is 0.451. The molecule has 3 aromatic rings. The fraction of sp³-hybridized carbons (Fsp3) is 0.348. The van der Waals surface area contributed by atoms with Crippen LogP contribution in [0.2, 0.25) is 0 Å². The Morgan fingerprint density at radius 3 is 2.90 bits per heavy atom. The van der Waals surface area contributed by atoms with Crippen molar-refractivity contribution >= 4 is 5.96 Å². The Balaban J connectivity index is 1.35. The number of ether oxygens (including phenoxy) is 2. The molecule has 0 radical (unpaired) electrons. The minimum Gasteiger partial charge on any atom is -0.488 e. The number of guanidine groups is 1. The lowest BCUT2D eigenvalue weighted by molar-refractivity contribution is 0.140. The van der Waals surface area contributed by atoms with Gasteiger partial charge in [0, 0.05) is 50.7 Å². The van der Waals surface area contributed by atoms with Crippen molar-refractivity contribution in [1.29, 1.82) is 0 Å². The summed E-state index contributed by atoms with van der Waals surface area (Å²) in [4.78, 5) is 8.71. The summed E-state index contributed by atoms with van der Waals surface area (Å²) >= 11 is 0. The van der Waals surface area contributed by atoms with Gasteiger partial charge >= 0.3 is 0 Å². The van der Waals surface area contributed by atoms with Gasteiger partial charge in [0.2, 0.25) is 0 Å². The monoisotopic (exact) mass is 420 g/mol. The maximum absolute atomic E-state index is 6.19. The molecule has 8 nitrogen and oxygen atoms in total. The normalized spacial score (nSPS) is 16.3. The number of benzene rings is 1. The molecule has 0 amide bonds. The molecule has 1 aliphatic rings. The average Bonchev–Trinajstić information content (AvgIpc) is 3.50. The van der Waals surface area contributed by atoms with Crippen LogP contribution < -0.4 is 15.4 Å². The third-order valence-electron chi connectivity index (χ3n) is 5.08. The minimum absolute atomic E-state index is 0.119. The second-order valence-electron chi connectivity index (χ2n) is 7.47. The molecule has 162 valence electrons. The summed E-state index contributed by atoms with van der Waals surface area (Å²) in [7, 11) is 1.76. The van der Waals surface area contributed by atoms with Crippen molar-refractivity contribution in [2.75, 3.05) is 20.3 Å². The van der Waals surface area contributed by atoms with Crippen molar-refractivity contribution in [2.24, 2.45) is 4.99 Å². The average molecular weight is 421 g/mol. The second kappa shape index (κ2) is 10.1. The Kier molecular flexibility index (Phi) is 6.78. The van der Waals surface area contributed by atoms with Crippen molar-refractivity contribution in [1.82, 2.24) is 25.4 Å². The second-order valence-corrected chi connectivity index (χ2v) is 7.47. The van der Waals surface area contributed by atoms with E-state index in [1.165, 1.54) is 5.56 Å². The number of pyridine rings is 1. The number of hydrogen-bond donors (Lipinski definition) is 2. The van der Waals surface area contributed by atoms with E-state index >= 15 is 0 Å². The molecule has 1 fully saturated rings. The molecule has 0 spiro atoms. The summed E-state index contributed by atoms with van der Waals surface area (Å²) < 4.78 is 13.4. The third kappa shape index (κ3) is 5.61. The van der Waals surface area contributed by atoms with Crippen LogP contribution >= 0.6 is 0 Å². The zero-order valence-electron chi connectivity index (χ0n) is 17.9. The Morgan fingerprint density at radius 2 is 2.13 bits per heavy atom. The first-order valence-corrected chi connectivity index (χ1v) is 10.4. The number of nitrogens with zero attached hydrogens (tertiary/aromatic N) is 4. The van der Waals surface area contributed by atoms with Gasteiger partial charge in [-0.1, -0.05) is 12.1 Å². The lowest BCUT2D eigenvalue weighted by Crippen LogP contribution is -2.36. The van der Waals surface area contributed by atoms with Crippen LogP contribution in [0.4, 0.5) is 0 Å². The summed E-state index contributed by atoms with van der Waals surface area (Å²) in [5.41, 5.74) is 3.35. The highest BCUT2D eigenvalue weighted by atomic mass is 16.5. The number of aromatic nitrogens is 3. The smallest absolute Gasteiger partial charge is 0.191 e. The predicted molar refractivity (Wildman–Crippen MR) is 119 cm³/mol. The van der Waals surface area contributed by atoms with Gasteiger partial charge in [-0.25, -0.2) is 9.67 Å². The predicted octanol–water partition coefficient (Wildman–Crippen LogP) is 2.61. The number of rotatable bonds is 7. The molecule has 2 N–H and O–H groups in total. The van der Waals surface area contributed by atoms with E-state index in [1.54, 1.807) is 24.1 Å². The molecule has 0 saturated carbocycles. The first-order valence-electron chi connectivity index (χ1n) is 10.4. The van der Waals surface area contributed by atoms with Gasteiger partial charge in [0.05, 0.1) is 13.2 Å². The fourth-order valence-electron chi connectivity index (χ4n) is 3.39. The molecule has 0 bridgehead atoms. The van der Waals surface area contributed by atoms with E-state index in [4.69, 9.17) is 9.47 Å². The summed E-state index contributed by atoms with van der Waals surface area (Å²) in [6.07, 6.45) is 6.44. The first kappa shape index (κ1) is 20.9. The topological polar surface area (TPSA) is 85.6 Å². The molecule has 1 aliphatic heterocycles. The van der Waals surface area contributed by atoms with Crippen molar-refractivity contribution in [3.8, 4) is 11.6 Å². The van der Waals surface area contributed by atoms with Crippen LogP contribution in [0.25, 0.3) is 5.82 Å². The number of aliphatic imine (C=N–C) groups is 1. The maximum atomic E-state index is 6.19. The van der Waals surface area contributed by atoms with E-state index in [-0.39, 0.29) is 6.10 Å². The Bertz CT molecular complexity index is 1010. The molecule has 3 heterocycles. The third-order valence-corrected chi connectivity index (χ3v) is 5.08. The molecule has 1 aromatic carbocycles. The number of aryl methyl sites for hydroxylation is 1. The van der Waals surface area contributed by atoms with Crippen molar-refractivity contribution in [2.45, 2.75) is 32.5 Å². The van der Waals surface area contributed by atoms with Crippen LogP contribution in [-0.2, 0) is 17.8 Å². The van der Waals surface area contributed by atoms with Gasteiger partial charge in [0.25, 0.3) is 0 Å². The maximum Gasteiger partial charge on any atom is 0.191 e. The fourth-order valence-corrected chi connectivity index (χ4v) is 3.39. The summed E-state index contributed by atoms with van der Waals surface area (Å²) in [5.74, 6) is 2.40. The van der Waals surface area contributed by atoms with Gasteiger partial charge in [-0.15, -0.1) is 0 Å². The molecule has 0 aliphatic carbocycles. The van der Waals surface area contributed by atoms with E-state index in [0.717, 1.165) is 35.7 Å². The van der Waals surface area contributed by atoms with Crippen molar-refractivity contribution < 1.29 is 9.47 Å². The highest BCUT2D eigenvalue weighted by molar-refractivity contribution is 5.79. The molecule has 8 heteroatoms. The van der Waals surface area contributed by atoms with Crippen LogP contribution in [0.3, 0.4) is 0 Å². The molecular formula is C23H28N6O2. The van der Waals surface area contributed by atoms with Crippen LogP contribution in [0.5, 0.6) is 5.75 Å². The number of hydrogen-bond acceptors (Lipinski definition) is 5. The summed E-state index contributed by atoms with van der Waals surface area (Å²) in [6, 6.07) is 12.1. The lowest BCUT2D eigenvalue weighted by atomic mass is 10.1. The van der Waals surface area contributed by atoms with Crippen LogP contribution in [-0.4, -0.2) is 47.1 Å². The molecule has 31 heavy (non-hydrogen) atoms. The molecule has 1 saturated heterocycles. The van der Waals surface area contributed by atoms with Crippen molar-refractivity contribution in [3.63, 3.8) is 0 Å². The first-order chi connectivity index (χ1) is 15.2. The summed E-state index contributed by atoms with van der Waals surface area (Å²) in [5, 5.41) is 11.0. The van der Waals surface area contributed by atoms with Gasteiger partial charge in [-0.3, -0.25) is 4.99 Å². The number of nitrogens with one attached hydrogen (secondary N) is 2. The Morgan fingerprint density at radius 1 is 1.23 bits per heavy atom. The lowest BCUT2D eigenvalue weighted by Gasteiger charge is -2.18. The van der Waals surface area contributed by atoms with Gasteiger partial charge in [0.15, 0.2) is 11.8 Å². The Labute approximate surface area is 182 Å². The Hall–Kier alpha value is -3.39. The van der Waals surface area contributed by atoms with Crippen LogP contribution in [0.1, 0.15) is 23.1 Å². The largest absolute Gasteiger partial charge is 0.488 e. The van der Waals surface area contributed by atoms with E-state index < -0.39 is 0 Å². The summed E-state index contributed by atoms with van der Waals surface area (Å²) in [6.45, 7) is 4.71.